The van der Waals surface area contributed by atoms with Gasteiger partial charge in [0.25, 0.3) is 0 Å². The molecule has 1 amide bonds. The first-order valence-electron chi connectivity index (χ1n) is 9.07. The molecule has 3 aromatic heterocycles. The summed E-state index contributed by atoms with van der Waals surface area (Å²) in [5.41, 5.74) is 3.28. The van der Waals surface area contributed by atoms with Gasteiger partial charge in [0, 0.05) is 17.5 Å². The quantitative estimate of drug-likeness (QED) is 0.415. The van der Waals surface area contributed by atoms with E-state index in [1.807, 2.05) is 24.4 Å². The van der Waals surface area contributed by atoms with E-state index < -0.39 is 0 Å². The number of aromatic nitrogens is 4. The van der Waals surface area contributed by atoms with Crippen LogP contribution < -0.4 is 5.32 Å². The highest BCUT2D eigenvalue weighted by Crippen LogP contribution is 2.23. The van der Waals surface area contributed by atoms with Crippen molar-refractivity contribution in [3.63, 3.8) is 0 Å². The number of thiazole rings is 1. The molecule has 6 nitrogen and oxygen atoms in total. The fraction of sp³-hybridized carbons (Fsp3) is 0.200. The molecule has 1 aromatic carbocycles. The standard InChI is InChI=1S/C20H19N5OS3/c1-13-22-16(12-29-13)15-6-4-14(5-7-15)8-9-21-18(26)11-25-19(23-24-20(25)27)17-3-2-10-28-17/h2-7,10,12H,8-9,11H2,1H3,(H,21,26)(H,24,27). The Labute approximate surface area is 181 Å². The van der Waals surface area contributed by atoms with Crippen LogP contribution in [0, 0.1) is 11.7 Å². The van der Waals surface area contributed by atoms with E-state index in [4.69, 9.17) is 12.2 Å². The van der Waals surface area contributed by atoms with Crippen molar-refractivity contribution in [3.8, 4) is 22.0 Å². The minimum Gasteiger partial charge on any atom is -0.354 e. The summed E-state index contributed by atoms with van der Waals surface area (Å²) >= 11 is 8.48. The van der Waals surface area contributed by atoms with E-state index in [0.29, 0.717) is 17.1 Å². The van der Waals surface area contributed by atoms with Crippen LogP contribution in [0.2, 0.25) is 0 Å². The first kappa shape index (κ1) is 19.7. The zero-order chi connectivity index (χ0) is 20.2. The van der Waals surface area contributed by atoms with Gasteiger partial charge in [0.1, 0.15) is 6.54 Å². The van der Waals surface area contributed by atoms with Gasteiger partial charge in [-0.05, 0) is 42.6 Å². The first-order valence-corrected chi connectivity index (χ1v) is 11.2. The molecule has 29 heavy (non-hydrogen) atoms. The van der Waals surface area contributed by atoms with E-state index in [-0.39, 0.29) is 12.5 Å². The van der Waals surface area contributed by atoms with Crippen molar-refractivity contribution in [2.75, 3.05) is 6.54 Å². The van der Waals surface area contributed by atoms with Crippen LogP contribution in [0.1, 0.15) is 10.6 Å². The Morgan fingerprint density at radius 1 is 1.24 bits per heavy atom. The van der Waals surface area contributed by atoms with Gasteiger partial charge in [0.15, 0.2) is 10.6 Å². The number of benzene rings is 1. The van der Waals surface area contributed by atoms with Crippen LogP contribution in [-0.2, 0) is 17.8 Å². The predicted octanol–water partition coefficient (Wildman–Crippen LogP) is 4.46. The fourth-order valence-electron chi connectivity index (χ4n) is 2.94. The van der Waals surface area contributed by atoms with Gasteiger partial charge in [0.2, 0.25) is 5.91 Å². The molecular weight excluding hydrogens is 422 g/mol. The van der Waals surface area contributed by atoms with Crippen molar-refractivity contribution < 1.29 is 4.79 Å². The normalized spacial score (nSPS) is 10.9. The van der Waals surface area contributed by atoms with Crippen LogP contribution in [0.15, 0.2) is 47.2 Å². The highest BCUT2D eigenvalue weighted by molar-refractivity contribution is 7.71. The Balaban J connectivity index is 1.32. The van der Waals surface area contributed by atoms with E-state index >= 15 is 0 Å². The molecule has 0 aliphatic rings. The molecule has 2 N–H and O–H groups in total. The Morgan fingerprint density at radius 2 is 2.07 bits per heavy atom. The summed E-state index contributed by atoms with van der Waals surface area (Å²) in [7, 11) is 0. The summed E-state index contributed by atoms with van der Waals surface area (Å²) in [5.74, 6) is 0.600. The lowest BCUT2D eigenvalue weighted by Gasteiger charge is -2.08. The molecular formula is C20H19N5OS3. The SMILES string of the molecule is Cc1nc(-c2ccc(CCNC(=O)Cn3c(-c4cccs4)n[nH]c3=S)cc2)cs1. The summed E-state index contributed by atoms with van der Waals surface area (Å²) in [6, 6.07) is 12.2. The third kappa shape index (κ3) is 4.69. The number of aryl methyl sites for hydroxylation is 1. The number of hydrogen-bond acceptors (Lipinski definition) is 6. The average molecular weight is 442 g/mol. The number of carbonyl (C=O) groups is 1. The lowest BCUT2D eigenvalue weighted by atomic mass is 10.1. The van der Waals surface area contributed by atoms with Gasteiger partial charge >= 0.3 is 0 Å². The molecule has 0 radical (unpaired) electrons. The van der Waals surface area contributed by atoms with Crippen LogP contribution >= 0.6 is 34.9 Å². The third-order valence-corrected chi connectivity index (χ3v) is 6.36. The summed E-state index contributed by atoms with van der Waals surface area (Å²) < 4.78 is 2.16. The first-order chi connectivity index (χ1) is 14.1. The highest BCUT2D eigenvalue weighted by atomic mass is 32.1. The Bertz CT molecular complexity index is 1160. The van der Waals surface area contributed by atoms with E-state index in [1.165, 1.54) is 5.56 Å². The molecule has 0 spiro atoms. The molecule has 0 aliphatic carbocycles. The largest absolute Gasteiger partial charge is 0.354 e. The molecule has 0 unspecified atom stereocenters. The maximum Gasteiger partial charge on any atom is 0.240 e. The number of nitrogens with zero attached hydrogens (tertiary/aromatic N) is 3. The Kier molecular flexibility index (Phi) is 5.98. The van der Waals surface area contributed by atoms with E-state index in [2.05, 4.69) is 50.1 Å². The summed E-state index contributed by atoms with van der Waals surface area (Å²) in [5, 5.41) is 15.1. The van der Waals surface area contributed by atoms with Crippen LogP contribution in [0.5, 0.6) is 0 Å². The van der Waals surface area contributed by atoms with Crippen LogP contribution in [-0.4, -0.2) is 32.2 Å². The van der Waals surface area contributed by atoms with Gasteiger partial charge in [0.05, 0.1) is 15.6 Å². The van der Waals surface area contributed by atoms with E-state index in [1.54, 1.807) is 27.2 Å². The highest BCUT2D eigenvalue weighted by Gasteiger charge is 2.13. The average Bonchev–Trinajstić information content (AvgIpc) is 3.45. The molecule has 0 atom stereocenters. The van der Waals surface area contributed by atoms with Crippen molar-refractivity contribution in [3.05, 3.63) is 62.5 Å². The number of hydrogen-bond donors (Lipinski definition) is 2. The van der Waals surface area contributed by atoms with Crippen LogP contribution in [0.25, 0.3) is 22.0 Å². The minimum absolute atomic E-state index is 0.0881. The van der Waals surface area contributed by atoms with Crippen molar-refractivity contribution in [1.82, 2.24) is 25.1 Å². The van der Waals surface area contributed by atoms with Crippen molar-refractivity contribution in [1.29, 1.82) is 0 Å². The lowest BCUT2D eigenvalue weighted by molar-refractivity contribution is -0.121. The van der Waals surface area contributed by atoms with Crippen molar-refractivity contribution in [2.24, 2.45) is 0 Å². The second-order valence-corrected chi connectivity index (χ2v) is 8.86. The van der Waals surface area contributed by atoms with Gasteiger partial charge in [-0.15, -0.1) is 22.7 Å². The maximum atomic E-state index is 12.4. The van der Waals surface area contributed by atoms with Gasteiger partial charge < -0.3 is 5.32 Å². The zero-order valence-electron chi connectivity index (χ0n) is 15.7. The molecule has 9 heteroatoms. The molecule has 0 saturated carbocycles. The Hall–Kier alpha value is -2.62. The molecule has 4 rings (SSSR count). The maximum absolute atomic E-state index is 12.4. The third-order valence-electron chi connectivity index (χ3n) is 4.41. The van der Waals surface area contributed by atoms with E-state index in [0.717, 1.165) is 27.6 Å². The second-order valence-electron chi connectivity index (χ2n) is 6.46. The summed E-state index contributed by atoms with van der Waals surface area (Å²) in [4.78, 5) is 17.9. The molecule has 0 saturated heterocycles. The van der Waals surface area contributed by atoms with Gasteiger partial charge in [-0.2, -0.15) is 5.10 Å². The molecule has 0 fully saturated rings. The van der Waals surface area contributed by atoms with Gasteiger partial charge in [-0.25, -0.2) is 4.98 Å². The molecule has 148 valence electrons. The lowest BCUT2D eigenvalue weighted by Crippen LogP contribution is -2.29. The fourth-order valence-corrected chi connectivity index (χ4v) is 4.48. The number of thiophene rings is 1. The zero-order valence-corrected chi connectivity index (χ0v) is 18.2. The molecule has 0 bridgehead atoms. The van der Waals surface area contributed by atoms with Gasteiger partial charge in [-0.3, -0.25) is 14.5 Å². The smallest absolute Gasteiger partial charge is 0.240 e. The van der Waals surface area contributed by atoms with Crippen molar-refractivity contribution in [2.45, 2.75) is 19.9 Å². The number of aromatic amines is 1. The number of amides is 1. The van der Waals surface area contributed by atoms with Gasteiger partial charge in [-0.1, -0.05) is 30.3 Å². The van der Waals surface area contributed by atoms with E-state index in [9.17, 15) is 4.79 Å². The molecule has 3 heterocycles. The summed E-state index contributed by atoms with van der Waals surface area (Å²) in [6.07, 6.45) is 0.761. The van der Waals surface area contributed by atoms with Crippen LogP contribution in [0.3, 0.4) is 0 Å². The topological polar surface area (TPSA) is 75.6 Å². The second kappa shape index (κ2) is 8.81. The van der Waals surface area contributed by atoms with Crippen molar-refractivity contribution >= 4 is 40.8 Å². The monoisotopic (exact) mass is 441 g/mol. The summed E-state index contributed by atoms with van der Waals surface area (Å²) in [6.45, 7) is 2.71. The minimum atomic E-state index is -0.0881. The Morgan fingerprint density at radius 3 is 2.76 bits per heavy atom. The number of nitrogens with one attached hydrogen (secondary N) is 2. The van der Waals surface area contributed by atoms with Crippen LogP contribution in [0.4, 0.5) is 0 Å². The number of carbonyl (C=O) groups excluding carboxylic acids is 1. The predicted molar refractivity (Wildman–Crippen MR) is 120 cm³/mol. The molecule has 4 aromatic rings. The number of H-pyrrole nitrogens is 1. The molecule has 0 aliphatic heterocycles. The number of rotatable bonds is 7.